The average molecular weight is 556 g/mol. The fraction of sp³-hybridized carbons (Fsp3) is 0.400. The number of rotatable bonds is 8. The van der Waals surface area contributed by atoms with Gasteiger partial charge < -0.3 is 19.1 Å². The zero-order valence-corrected chi connectivity index (χ0v) is 23.2. The molecule has 0 radical (unpaired) electrons. The predicted molar refractivity (Wildman–Crippen MR) is 147 cm³/mol. The normalized spacial score (nSPS) is 18.1. The van der Waals surface area contributed by atoms with Crippen molar-refractivity contribution < 1.29 is 23.8 Å². The first-order valence-electron chi connectivity index (χ1n) is 13.0. The number of nitrogens with zero attached hydrogens (tertiary/aromatic N) is 1. The lowest BCUT2D eigenvalue weighted by Crippen LogP contribution is -2.40. The van der Waals surface area contributed by atoms with Gasteiger partial charge in [0.05, 0.1) is 18.7 Å². The van der Waals surface area contributed by atoms with Gasteiger partial charge >= 0.3 is 0 Å². The summed E-state index contributed by atoms with van der Waals surface area (Å²) in [5.74, 6) is 0.567. The Labute approximate surface area is 233 Å². The molecular formula is C30H31Cl2NO5. The summed E-state index contributed by atoms with van der Waals surface area (Å²) < 4.78 is 17.1. The first-order chi connectivity index (χ1) is 18.4. The molecule has 0 saturated heterocycles. The van der Waals surface area contributed by atoms with E-state index in [1.165, 1.54) is 0 Å². The van der Waals surface area contributed by atoms with E-state index in [0.717, 1.165) is 48.2 Å². The first-order valence-corrected chi connectivity index (χ1v) is 13.7. The molecule has 1 aliphatic heterocycles. The summed E-state index contributed by atoms with van der Waals surface area (Å²) in [5.41, 5.74) is 5.13. The van der Waals surface area contributed by atoms with Gasteiger partial charge in [0.2, 0.25) is 0 Å². The summed E-state index contributed by atoms with van der Waals surface area (Å²) in [6.45, 7) is 1.41. The molecule has 38 heavy (non-hydrogen) atoms. The summed E-state index contributed by atoms with van der Waals surface area (Å²) in [7, 11) is 3.23. The smallest absolute Gasteiger partial charge is 0.180 e. The van der Waals surface area contributed by atoms with Crippen molar-refractivity contribution in [3.63, 3.8) is 0 Å². The molecule has 2 aliphatic carbocycles. The molecule has 200 valence electrons. The number of ether oxygens (including phenoxy) is 3. The Balaban J connectivity index is 1.58. The lowest BCUT2D eigenvalue weighted by atomic mass is 9.71. The number of hydrogen-bond acceptors (Lipinski definition) is 6. The number of benzene rings is 2. The molecule has 0 spiro atoms. The second-order valence-corrected chi connectivity index (χ2v) is 10.6. The van der Waals surface area contributed by atoms with Crippen molar-refractivity contribution in [2.45, 2.75) is 51.0 Å². The number of allylic oxidation sites excluding steroid dienone is 4. The van der Waals surface area contributed by atoms with Crippen LogP contribution in [0.5, 0.6) is 11.5 Å². The van der Waals surface area contributed by atoms with Crippen LogP contribution in [0, 0.1) is 0 Å². The molecule has 2 aromatic carbocycles. The van der Waals surface area contributed by atoms with Crippen LogP contribution < -0.4 is 9.47 Å². The molecule has 8 heteroatoms. The van der Waals surface area contributed by atoms with Crippen molar-refractivity contribution in [1.82, 2.24) is 4.90 Å². The van der Waals surface area contributed by atoms with Crippen LogP contribution >= 0.6 is 23.2 Å². The van der Waals surface area contributed by atoms with Gasteiger partial charge in [-0.15, -0.1) is 0 Å². The maximum Gasteiger partial charge on any atom is 0.180 e. The van der Waals surface area contributed by atoms with Crippen LogP contribution in [0.1, 0.15) is 55.6 Å². The van der Waals surface area contributed by atoms with Gasteiger partial charge in [-0.3, -0.25) is 9.59 Å². The Morgan fingerprint density at radius 2 is 1.53 bits per heavy atom. The predicted octanol–water partition coefficient (Wildman–Crippen LogP) is 6.64. The zero-order valence-electron chi connectivity index (χ0n) is 21.6. The van der Waals surface area contributed by atoms with Gasteiger partial charge in [-0.05, 0) is 61.1 Å². The summed E-state index contributed by atoms with van der Waals surface area (Å²) in [5, 5.41) is 1.02. The lowest BCUT2D eigenvalue weighted by Gasteiger charge is -2.44. The third-order valence-corrected chi connectivity index (χ3v) is 8.02. The molecule has 0 N–H and O–H groups in total. The summed E-state index contributed by atoms with van der Waals surface area (Å²) >= 11 is 12.8. The van der Waals surface area contributed by atoms with Crippen LogP contribution in [-0.2, 0) is 20.9 Å². The Bertz CT molecular complexity index is 1270. The molecule has 0 fully saturated rings. The average Bonchev–Trinajstić information content (AvgIpc) is 2.91. The fourth-order valence-corrected chi connectivity index (χ4v) is 6.18. The molecule has 0 amide bonds. The highest BCUT2D eigenvalue weighted by Crippen LogP contribution is 2.51. The minimum Gasteiger partial charge on any atom is -0.493 e. The standard InChI is InChI=1S/C30H31Cl2NO5/c1-36-14-13-33-22-5-3-7-24(34)28(22)27(29-23(33)6-4-8-25(29)35)19-15-21(32)30(26(16-19)37-2)38-17-18-9-11-20(31)12-10-18/h9-12,15-16,27H,3-8,13-14,17H2,1-2H3. The molecule has 0 unspecified atom stereocenters. The van der Waals surface area contributed by atoms with Crippen molar-refractivity contribution in [3.05, 3.63) is 80.1 Å². The number of hydrogen-bond donors (Lipinski definition) is 0. The van der Waals surface area contributed by atoms with Crippen molar-refractivity contribution in [3.8, 4) is 11.5 Å². The molecule has 6 nitrogen and oxygen atoms in total. The van der Waals surface area contributed by atoms with Crippen LogP contribution in [0.15, 0.2) is 58.9 Å². The van der Waals surface area contributed by atoms with E-state index in [9.17, 15) is 9.59 Å². The van der Waals surface area contributed by atoms with Crippen LogP contribution in [0.3, 0.4) is 0 Å². The van der Waals surface area contributed by atoms with Crippen molar-refractivity contribution in [2.75, 3.05) is 27.4 Å². The first kappa shape index (κ1) is 26.8. The Hall–Kier alpha value is -2.80. The van der Waals surface area contributed by atoms with Gasteiger partial charge in [0.1, 0.15) is 6.61 Å². The molecule has 5 rings (SSSR count). The summed E-state index contributed by atoms with van der Waals surface area (Å²) in [4.78, 5) is 29.1. The topological polar surface area (TPSA) is 65.1 Å². The summed E-state index contributed by atoms with van der Waals surface area (Å²) in [6.07, 6.45) is 4.12. The third kappa shape index (κ3) is 5.09. The maximum atomic E-state index is 13.5. The summed E-state index contributed by atoms with van der Waals surface area (Å²) in [6, 6.07) is 11.1. The molecule has 0 saturated carbocycles. The SMILES string of the molecule is COCCN1C2=C(C(=O)CCC2)C(c2cc(Cl)c(OCc3ccc(Cl)cc3)c(OC)c2)C2=C1CCCC2=O. The van der Waals surface area contributed by atoms with E-state index >= 15 is 0 Å². The van der Waals surface area contributed by atoms with Crippen molar-refractivity contribution in [1.29, 1.82) is 0 Å². The molecule has 0 atom stereocenters. The number of carbonyl (C=O) groups is 2. The molecular weight excluding hydrogens is 525 g/mol. The highest BCUT2D eigenvalue weighted by atomic mass is 35.5. The van der Waals surface area contributed by atoms with E-state index in [0.29, 0.717) is 58.7 Å². The van der Waals surface area contributed by atoms with Crippen LogP contribution in [0.4, 0.5) is 0 Å². The second kappa shape index (κ2) is 11.5. The van der Waals surface area contributed by atoms with E-state index in [4.69, 9.17) is 37.4 Å². The Morgan fingerprint density at radius 3 is 2.11 bits per heavy atom. The van der Waals surface area contributed by atoms with E-state index in [1.807, 2.05) is 24.3 Å². The molecule has 0 bridgehead atoms. The number of methoxy groups -OCH3 is 2. The lowest BCUT2D eigenvalue weighted by molar-refractivity contribution is -0.117. The molecule has 1 heterocycles. The number of Topliss-reactive ketones (excluding diaryl/α,β-unsaturated/α-hetero) is 2. The monoisotopic (exact) mass is 555 g/mol. The molecule has 2 aromatic rings. The van der Waals surface area contributed by atoms with Gasteiger partial charge in [0.25, 0.3) is 0 Å². The number of ketones is 2. The van der Waals surface area contributed by atoms with E-state index in [-0.39, 0.29) is 18.2 Å². The largest absolute Gasteiger partial charge is 0.493 e. The van der Waals surface area contributed by atoms with Gasteiger partial charge in [0.15, 0.2) is 23.1 Å². The van der Waals surface area contributed by atoms with E-state index in [2.05, 4.69) is 4.90 Å². The van der Waals surface area contributed by atoms with Gasteiger partial charge in [0, 0.05) is 60.0 Å². The zero-order chi connectivity index (χ0) is 26.8. The Morgan fingerprint density at radius 1 is 0.895 bits per heavy atom. The minimum atomic E-state index is -0.476. The molecule has 0 aromatic heterocycles. The quantitative estimate of drug-likeness (QED) is 0.363. The van der Waals surface area contributed by atoms with Gasteiger partial charge in [-0.1, -0.05) is 35.3 Å². The molecule has 3 aliphatic rings. The van der Waals surface area contributed by atoms with E-state index < -0.39 is 5.92 Å². The van der Waals surface area contributed by atoms with Crippen LogP contribution in [-0.4, -0.2) is 43.8 Å². The van der Waals surface area contributed by atoms with Crippen LogP contribution in [0.2, 0.25) is 10.0 Å². The number of halogens is 2. The van der Waals surface area contributed by atoms with E-state index in [1.54, 1.807) is 26.4 Å². The van der Waals surface area contributed by atoms with Crippen molar-refractivity contribution in [2.24, 2.45) is 0 Å². The Kier molecular flexibility index (Phi) is 8.12. The second-order valence-electron chi connectivity index (χ2n) is 9.80. The highest BCUT2D eigenvalue weighted by molar-refractivity contribution is 6.32. The minimum absolute atomic E-state index is 0.0849. The third-order valence-electron chi connectivity index (χ3n) is 7.49. The van der Waals surface area contributed by atoms with Crippen molar-refractivity contribution >= 4 is 34.8 Å². The number of carbonyl (C=O) groups excluding carboxylic acids is 2. The van der Waals surface area contributed by atoms with Gasteiger partial charge in [-0.2, -0.15) is 0 Å². The maximum absolute atomic E-state index is 13.5. The fourth-order valence-electron chi connectivity index (χ4n) is 5.78. The van der Waals surface area contributed by atoms with Crippen LogP contribution in [0.25, 0.3) is 0 Å². The highest BCUT2D eigenvalue weighted by Gasteiger charge is 2.43. The van der Waals surface area contributed by atoms with Gasteiger partial charge in [-0.25, -0.2) is 0 Å².